The molecule has 1 aliphatic rings. The van der Waals surface area contributed by atoms with Crippen LogP contribution in [-0.2, 0) is 6.61 Å². The number of imidazole rings is 1. The van der Waals surface area contributed by atoms with E-state index >= 15 is 0 Å². The smallest absolute Gasteiger partial charge is 0.388 e. The van der Waals surface area contributed by atoms with Crippen LogP contribution in [0.5, 0.6) is 0 Å². The van der Waals surface area contributed by atoms with E-state index in [0.717, 1.165) is 22.8 Å². The lowest BCUT2D eigenvalue weighted by Gasteiger charge is -2.18. The monoisotopic (exact) mass is 364 g/mol. The van der Waals surface area contributed by atoms with E-state index in [1.54, 1.807) is 6.20 Å². The van der Waals surface area contributed by atoms with Crippen LogP contribution in [0.1, 0.15) is 31.1 Å². The largest absolute Gasteiger partial charge is 0.401 e. The van der Waals surface area contributed by atoms with Crippen molar-refractivity contribution in [2.45, 2.75) is 44.1 Å². The molecule has 2 N–H and O–H groups in total. The third-order valence-corrected chi connectivity index (χ3v) is 5.00. The van der Waals surface area contributed by atoms with Crippen LogP contribution in [0.15, 0.2) is 30.5 Å². The van der Waals surface area contributed by atoms with Crippen LogP contribution < -0.4 is 5.32 Å². The summed E-state index contributed by atoms with van der Waals surface area (Å²) < 4.78 is 39.4. The van der Waals surface area contributed by atoms with Gasteiger partial charge in [-0.25, -0.2) is 4.98 Å². The van der Waals surface area contributed by atoms with Crippen LogP contribution in [0, 0.1) is 0 Å². The molecule has 5 nitrogen and oxygen atoms in total. The van der Waals surface area contributed by atoms with Crippen LogP contribution in [0.4, 0.5) is 13.2 Å². The predicted octanol–water partition coefficient (Wildman–Crippen LogP) is 3.32. The molecule has 1 saturated carbocycles. The van der Waals surface area contributed by atoms with Crippen molar-refractivity contribution in [2.24, 2.45) is 0 Å². The van der Waals surface area contributed by atoms with Gasteiger partial charge >= 0.3 is 6.18 Å². The van der Waals surface area contributed by atoms with E-state index in [4.69, 9.17) is 0 Å². The minimum Gasteiger partial charge on any atom is -0.388 e. The van der Waals surface area contributed by atoms with Crippen molar-refractivity contribution in [1.82, 2.24) is 19.9 Å². The molecule has 26 heavy (non-hydrogen) atoms. The number of pyridine rings is 1. The Morgan fingerprint density at radius 3 is 2.77 bits per heavy atom. The van der Waals surface area contributed by atoms with Crippen molar-refractivity contribution < 1.29 is 18.3 Å². The summed E-state index contributed by atoms with van der Waals surface area (Å²) in [6, 6.07) is 7.49. The number of rotatable bonds is 4. The fourth-order valence-corrected chi connectivity index (χ4v) is 3.92. The SMILES string of the molecule is OCc1nc2cnc3ccccc3c2n1C1CCC(NCC(F)(F)F)C1. The molecule has 2 unspecified atom stereocenters. The molecule has 138 valence electrons. The molecule has 0 spiro atoms. The van der Waals surface area contributed by atoms with Gasteiger partial charge in [0.25, 0.3) is 0 Å². The number of hydrogen-bond acceptors (Lipinski definition) is 4. The first-order valence-electron chi connectivity index (χ1n) is 8.62. The first-order chi connectivity index (χ1) is 12.5. The molecular weight excluding hydrogens is 345 g/mol. The molecule has 1 aromatic carbocycles. The molecule has 2 atom stereocenters. The normalized spacial score (nSPS) is 21.1. The topological polar surface area (TPSA) is 63.0 Å². The van der Waals surface area contributed by atoms with Gasteiger partial charge in [-0.1, -0.05) is 18.2 Å². The van der Waals surface area contributed by atoms with Crippen molar-refractivity contribution >= 4 is 21.9 Å². The van der Waals surface area contributed by atoms with Crippen LogP contribution in [0.3, 0.4) is 0 Å². The van der Waals surface area contributed by atoms with Gasteiger partial charge in [0.1, 0.15) is 17.9 Å². The van der Waals surface area contributed by atoms with E-state index in [9.17, 15) is 18.3 Å². The molecule has 0 radical (unpaired) electrons. The van der Waals surface area contributed by atoms with Gasteiger partial charge < -0.3 is 15.0 Å². The molecule has 0 saturated heterocycles. The summed E-state index contributed by atoms with van der Waals surface area (Å²) in [5.74, 6) is 0.527. The van der Waals surface area contributed by atoms with E-state index in [0.29, 0.717) is 24.2 Å². The summed E-state index contributed by atoms with van der Waals surface area (Å²) in [6.45, 7) is -1.20. The van der Waals surface area contributed by atoms with Gasteiger partial charge in [0.05, 0.1) is 23.8 Å². The molecule has 2 aromatic heterocycles. The summed E-state index contributed by atoms with van der Waals surface area (Å²) in [6.07, 6.45) is -0.552. The molecule has 0 amide bonds. The maximum absolute atomic E-state index is 12.5. The molecule has 3 aromatic rings. The zero-order valence-electron chi connectivity index (χ0n) is 14.0. The number of fused-ring (bicyclic) bond motifs is 3. The van der Waals surface area contributed by atoms with Gasteiger partial charge in [-0.05, 0) is 25.3 Å². The Morgan fingerprint density at radius 2 is 2.00 bits per heavy atom. The summed E-state index contributed by atoms with van der Waals surface area (Å²) in [5.41, 5.74) is 2.41. The maximum atomic E-state index is 12.5. The van der Waals surface area contributed by atoms with Crippen molar-refractivity contribution in [3.8, 4) is 0 Å². The summed E-state index contributed by atoms with van der Waals surface area (Å²) in [5, 5.41) is 13.3. The Kier molecular flexibility index (Phi) is 4.32. The van der Waals surface area contributed by atoms with Crippen LogP contribution in [0.25, 0.3) is 21.9 Å². The van der Waals surface area contributed by atoms with E-state index in [2.05, 4.69) is 15.3 Å². The van der Waals surface area contributed by atoms with E-state index in [1.165, 1.54) is 0 Å². The second-order valence-electron chi connectivity index (χ2n) is 6.73. The maximum Gasteiger partial charge on any atom is 0.401 e. The first kappa shape index (κ1) is 17.2. The standard InChI is InChI=1S/C18H19F3N4O/c19-18(20,21)10-23-11-5-6-12(7-11)25-16(9-26)24-15-8-22-14-4-2-1-3-13(14)17(15)25/h1-4,8,11-12,23,26H,5-7,9-10H2. The second kappa shape index (κ2) is 6.51. The van der Waals surface area contributed by atoms with Gasteiger partial charge in [-0.15, -0.1) is 0 Å². The summed E-state index contributed by atoms with van der Waals surface area (Å²) >= 11 is 0. The number of aliphatic hydroxyl groups is 1. The highest BCUT2D eigenvalue weighted by atomic mass is 19.4. The molecule has 4 rings (SSSR count). The number of para-hydroxylation sites is 1. The lowest BCUT2D eigenvalue weighted by atomic mass is 10.1. The highest BCUT2D eigenvalue weighted by Gasteiger charge is 2.33. The molecule has 1 aliphatic carbocycles. The zero-order valence-corrected chi connectivity index (χ0v) is 14.0. The second-order valence-corrected chi connectivity index (χ2v) is 6.73. The number of aromatic nitrogens is 3. The Bertz CT molecular complexity index is 937. The molecule has 0 bridgehead atoms. The van der Waals surface area contributed by atoms with E-state index in [1.807, 2.05) is 28.8 Å². The lowest BCUT2D eigenvalue weighted by molar-refractivity contribution is -0.126. The molecule has 0 aliphatic heterocycles. The Balaban J connectivity index is 1.71. The minimum absolute atomic E-state index is 0.00121. The Hall–Kier alpha value is -2.19. The van der Waals surface area contributed by atoms with Crippen LogP contribution in [0.2, 0.25) is 0 Å². The number of halogens is 3. The van der Waals surface area contributed by atoms with Gasteiger partial charge in [0.2, 0.25) is 0 Å². The minimum atomic E-state index is -4.21. The molecule has 1 fully saturated rings. The third-order valence-electron chi connectivity index (χ3n) is 5.00. The van der Waals surface area contributed by atoms with Crippen molar-refractivity contribution in [2.75, 3.05) is 6.54 Å². The zero-order chi connectivity index (χ0) is 18.3. The quantitative estimate of drug-likeness (QED) is 0.746. The number of nitrogens with one attached hydrogen (secondary N) is 1. The Morgan fingerprint density at radius 1 is 1.19 bits per heavy atom. The van der Waals surface area contributed by atoms with Crippen LogP contribution in [-0.4, -0.2) is 38.4 Å². The third kappa shape index (κ3) is 3.14. The number of aliphatic hydroxyl groups excluding tert-OH is 1. The van der Waals surface area contributed by atoms with Gasteiger partial charge in [-0.3, -0.25) is 4.98 Å². The highest BCUT2D eigenvalue weighted by Crippen LogP contribution is 2.36. The highest BCUT2D eigenvalue weighted by molar-refractivity contribution is 6.02. The number of benzene rings is 1. The van der Waals surface area contributed by atoms with Gasteiger partial charge in [0.15, 0.2) is 0 Å². The fraction of sp³-hybridized carbons (Fsp3) is 0.444. The number of nitrogens with zero attached hydrogens (tertiary/aromatic N) is 3. The van der Waals surface area contributed by atoms with Crippen molar-refractivity contribution in [3.63, 3.8) is 0 Å². The van der Waals surface area contributed by atoms with E-state index < -0.39 is 12.7 Å². The Labute approximate surface area is 147 Å². The van der Waals surface area contributed by atoms with Crippen molar-refractivity contribution in [3.05, 3.63) is 36.3 Å². The number of alkyl halides is 3. The molecule has 8 heteroatoms. The van der Waals surface area contributed by atoms with Crippen molar-refractivity contribution in [1.29, 1.82) is 0 Å². The van der Waals surface area contributed by atoms with Crippen LogP contribution >= 0.6 is 0 Å². The molecule has 2 heterocycles. The number of hydrogen-bond donors (Lipinski definition) is 2. The summed E-state index contributed by atoms with van der Waals surface area (Å²) in [4.78, 5) is 8.89. The molecular formula is C18H19F3N4O. The average Bonchev–Trinajstić information content (AvgIpc) is 3.23. The fourth-order valence-electron chi connectivity index (χ4n) is 3.92. The van der Waals surface area contributed by atoms with Gasteiger partial charge in [0, 0.05) is 17.5 Å². The summed E-state index contributed by atoms with van der Waals surface area (Å²) in [7, 11) is 0. The van der Waals surface area contributed by atoms with Gasteiger partial charge in [-0.2, -0.15) is 13.2 Å². The lowest BCUT2D eigenvalue weighted by Crippen LogP contribution is -2.35. The van der Waals surface area contributed by atoms with E-state index in [-0.39, 0.29) is 18.7 Å². The predicted molar refractivity (Wildman–Crippen MR) is 91.7 cm³/mol. The first-order valence-corrected chi connectivity index (χ1v) is 8.62. The average molecular weight is 364 g/mol.